The molecule has 2 fully saturated rings. The van der Waals surface area contributed by atoms with Gasteiger partial charge in [0.05, 0.1) is 5.39 Å². The predicted octanol–water partition coefficient (Wildman–Crippen LogP) is 3.46. The summed E-state index contributed by atoms with van der Waals surface area (Å²) in [7, 11) is -0.789. The summed E-state index contributed by atoms with van der Waals surface area (Å²) in [5.74, 6) is 1.15. The molecular weight excluding hydrogens is 378 g/mol. The Morgan fingerprint density at radius 2 is 2.08 bits per heavy atom. The van der Waals surface area contributed by atoms with Gasteiger partial charge in [0.1, 0.15) is 11.3 Å². The first-order valence-electron chi connectivity index (χ1n) is 8.39. The molecule has 5 nitrogen and oxygen atoms in total. The Hall–Kier alpha value is -0.890. The Bertz CT molecular complexity index is 825. The summed E-state index contributed by atoms with van der Waals surface area (Å²) in [5, 5.41) is 2.54. The number of nitrogens with zero attached hydrogens (tertiary/aromatic N) is 2. The van der Waals surface area contributed by atoms with Crippen LogP contribution in [0.5, 0.6) is 5.88 Å². The van der Waals surface area contributed by atoms with E-state index in [4.69, 9.17) is 16.3 Å². The minimum Gasteiger partial charge on any atom is -0.474 e. The Balaban J connectivity index is 1.66. The van der Waals surface area contributed by atoms with E-state index < -0.39 is 10.8 Å². The van der Waals surface area contributed by atoms with Gasteiger partial charge in [-0.2, -0.15) is 0 Å². The Kier molecular flexibility index (Phi) is 4.92. The first-order valence-corrected chi connectivity index (χ1v) is 10.8. The molecule has 0 radical (unpaired) electrons. The fourth-order valence-corrected chi connectivity index (χ4v) is 4.83. The second kappa shape index (κ2) is 7.02. The molecule has 0 spiro atoms. The van der Waals surface area contributed by atoms with Crippen molar-refractivity contribution < 1.29 is 8.95 Å². The lowest BCUT2D eigenvalue weighted by atomic mass is 9.95. The maximum Gasteiger partial charge on any atom is 0.223 e. The van der Waals surface area contributed by atoms with Crippen molar-refractivity contribution in [3.8, 4) is 5.88 Å². The van der Waals surface area contributed by atoms with Crippen molar-refractivity contribution in [2.24, 2.45) is 5.92 Å². The third-order valence-electron chi connectivity index (χ3n) is 5.10. The van der Waals surface area contributed by atoms with Crippen molar-refractivity contribution in [1.82, 2.24) is 14.7 Å². The first kappa shape index (κ1) is 17.5. The number of nitrogens with one attached hydrogen (secondary N) is 1. The SMILES string of the molecule is CS(=O)C1CC(Oc2ncc(C(NS)C3CC3)c3cc(Cl)ncc23)C1. The Labute approximate surface area is 159 Å². The van der Waals surface area contributed by atoms with Crippen LogP contribution in [0.1, 0.15) is 37.3 Å². The number of rotatable bonds is 6. The van der Waals surface area contributed by atoms with E-state index >= 15 is 0 Å². The van der Waals surface area contributed by atoms with Gasteiger partial charge in [0.15, 0.2) is 0 Å². The summed E-state index contributed by atoms with van der Waals surface area (Å²) < 4.78 is 20.7. The molecular formula is C17H20ClN3O2S2. The lowest BCUT2D eigenvalue weighted by Gasteiger charge is -2.33. The zero-order valence-corrected chi connectivity index (χ0v) is 16.3. The molecule has 0 aromatic carbocycles. The summed E-state index contributed by atoms with van der Waals surface area (Å²) in [6.07, 6.45) is 9.37. The summed E-state index contributed by atoms with van der Waals surface area (Å²) in [4.78, 5) is 8.76. The molecule has 0 saturated heterocycles. The molecule has 0 amide bonds. The number of thiol groups is 1. The topological polar surface area (TPSA) is 64.1 Å². The molecule has 2 atom stereocenters. The van der Waals surface area contributed by atoms with Crippen LogP contribution < -0.4 is 9.46 Å². The molecule has 0 bridgehead atoms. The molecule has 2 aromatic rings. The molecule has 8 heteroatoms. The van der Waals surface area contributed by atoms with Crippen molar-refractivity contribution in [2.45, 2.75) is 43.1 Å². The molecule has 2 unspecified atom stereocenters. The van der Waals surface area contributed by atoms with Gasteiger partial charge in [0.2, 0.25) is 5.88 Å². The summed E-state index contributed by atoms with van der Waals surface area (Å²) >= 11 is 10.4. The lowest BCUT2D eigenvalue weighted by Crippen LogP contribution is -2.40. The van der Waals surface area contributed by atoms with Gasteiger partial charge in [-0.25, -0.2) is 9.97 Å². The maximum atomic E-state index is 11.5. The normalized spacial score (nSPS) is 25.4. The molecule has 2 aliphatic carbocycles. The van der Waals surface area contributed by atoms with Crippen LogP contribution in [0.3, 0.4) is 0 Å². The zero-order chi connectivity index (χ0) is 17.6. The number of hydrogen-bond acceptors (Lipinski definition) is 6. The van der Waals surface area contributed by atoms with Crippen LogP contribution in [0.15, 0.2) is 18.5 Å². The maximum absolute atomic E-state index is 11.5. The molecule has 4 rings (SSSR count). The standard InChI is InChI=1S/C17H20ClN3O2S2/c1-25(22)11-4-10(5-11)23-17-14-8-19-15(18)6-12(14)13(7-20-17)16(21-24)9-2-3-9/h6-11,16,21,24H,2-5H2,1H3. The predicted molar refractivity (Wildman–Crippen MR) is 104 cm³/mol. The fourth-order valence-electron chi connectivity index (χ4n) is 3.35. The number of pyridine rings is 2. The van der Waals surface area contributed by atoms with E-state index in [0.29, 0.717) is 17.0 Å². The number of fused-ring (bicyclic) bond motifs is 1. The number of hydrogen-bond donors (Lipinski definition) is 2. The molecule has 25 heavy (non-hydrogen) atoms. The minimum absolute atomic E-state index is 0.0633. The van der Waals surface area contributed by atoms with E-state index in [9.17, 15) is 4.21 Å². The van der Waals surface area contributed by atoms with Gasteiger partial charge in [0, 0.05) is 40.7 Å². The summed E-state index contributed by atoms with van der Waals surface area (Å²) in [6.45, 7) is 0. The molecule has 1 N–H and O–H groups in total. The monoisotopic (exact) mass is 397 g/mol. The highest BCUT2D eigenvalue weighted by atomic mass is 35.5. The smallest absolute Gasteiger partial charge is 0.223 e. The average molecular weight is 398 g/mol. The van der Waals surface area contributed by atoms with Gasteiger partial charge < -0.3 is 4.74 Å². The zero-order valence-electron chi connectivity index (χ0n) is 13.8. The third kappa shape index (κ3) is 3.52. The lowest BCUT2D eigenvalue weighted by molar-refractivity contribution is 0.121. The number of halogens is 1. The van der Waals surface area contributed by atoms with E-state index in [1.54, 1.807) is 12.5 Å². The Morgan fingerprint density at radius 1 is 1.32 bits per heavy atom. The van der Waals surface area contributed by atoms with Gasteiger partial charge in [0.25, 0.3) is 0 Å². The van der Waals surface area contributed by atoms with Crippen LogP contribution in [-0.2, 0) is 10.8 Å². The average Bonchev–Trinajstić information content (AvgIpc) is 3.36. The highest BCUT2D eigenvalue weighted by Gasteiger charge is 2.35. The summed E-state index contributed by atoms with van der Waals surface area (Å²) in [6, 6.07) is 2.01. The highest BCUT2D eigenvalue weighted by molar-refractivity contribution is 7.85. The molecule has 0 aliphatic heterocycles. The minimum atomic E-state index is -0.789. The van der Waals surface area contributed by atoms with Crippen LogP contribution in [0.4, 0.5) is 0 Å². The highest BCUT2D eigenvalue weighted by Crippen LogP contribution is 2.44. The van der Waals surface area contributed by atoms with E-state index in [0.717, 1.165) is 29.2 Å². The van der Waals surface area contributed by atoms with Crippen molar-refractivity contribution in [2.75, 3.05) is 6.26 Å². The molecule has 2 heterocycles. The quantitative estimate of drug-likeness (QED) is 0.577. The van der Waals surface area contributed by atoms with Gasteiger partial charge in [-0.15, -0.1) is 0 Å². The first-order chi connectivity index (χ1) is 12.1. The van der Waals surface area contributed by atoms with E-state index in [2.05, 4.69) is 27.5 Å². The summed E-state index contributed by atoms with van der Waals surface area (Å²) in [5.41, 5.74) is 1.07. The van der Waals surface area contributed by atoms with Crippen LogP contribution in [0.25, 0.3) is 10.8 Å². The van der Waals surface area contributed by atoms with Crippen molar-refractivity contribution in [1.29, 1.82) is 0 Å². The number of ether oxygens (including phenoxy) is 1. The molecule has 2 aromatic heterocycles. The number of aromatic nitrogens is 2. The van der Waals surface area contributed by atoms with Crippen LogP contribution in [0, 0.1) is 5.92 Å². The van der Waals surface area contributed by atoms with Gasteiger partial charge in [-0.1, -0.05) is 24.4 Å². The van der Waals surface area contributed by atoms with Crippen molar-refractivity contribution in [3.05, 3.63) is 29.2 Å². The van der Waals surface area contributed by atoms with Crippen molar-refractivity contribution in [3.63, 3.8) is 0 Å². The van der Waals surface area contributed by atoms with Gasteiger partial charge >= 0.3 is 0 Å². The van der Waals surface area contributed by atoms with Gasteiger partial charge in [-0.3, -0.25) is 8.93 Å². The second-order valence-corrected chi connectivity index (χ2v) is 9.16. The molecule has 2 aliphatic rings. The van der Waals surface area contributed by atoms with E-state index in [1.165, 1.54) is 12.8 Å². The van der Waals surface area contributed by atoms with Crippen LogP contribution in [0.2, 0.25) is 5.15 Å². The fraction of sp³-hybridized carbons (Fsp3) is 0.529. The molecule has 134 valence electrons. The Morgan fingerprint density at radius 3 is 2.72 bits per heavy atom. The largest absolute Gasteiger partial charge is 0.474 e. The second-order valence-electron chi connectivity index (χ2n) is 6.85. The van der Waals surface area contributed by atoms with Crippen LogP contribution >= 0.6 is 24.4 Å². The molecule has 2 saturated carbocycles. The van der Waals surface area contributed by atoms with Gasteiger partial charge in [-0.05, 0) is 48.6 Å². The van der Waals surface area contributed by atoms with E-state index in [-0.39, 0.29) is 17.4 Å². The van der Waals surface area contributed by atoms with E-state index in [1.807, 2.05) is 12.3 Å². The van der Waals surface area contributed by atoms with Crippen molar-refractivity contribution >= 4 is 46.0 Å². The van der Waals surface area contributed by atoms with Crippen LogP contribution in [-0.4, -0.2) is 31.8 Å². The third-order valence-corrected chi connectivity index (χ3v) is 6.91.